The summed E-state index contributed by atoms with van der Waals surface area (Å²) >= 11 is 0. The van der Waals surface area contributed by atoms with Crippen LogP contribution in [0.4, 0.5) is 0 Å². The average molecular weight is 868 g/mol. The maximum Gasteiger partial charge on any atom is 2.00 e. The molecule has 5 nitrogen and oxygen atoms in total. The van der Waals surface area contributed by atoms with E-state index in [0.29, 0.717) is 11.5 Å². The van der Waals surface area contributed by atoms with Crippen LogP contribution >= 0.6 is 0 Å². The van der Waals surface area contributed by atoms with Crippen molar-refractivity contribution in [2.24, 2.45) is 0 Å². The molecule has 3 heterocycles. The second-order valence-corrected chi connectivity index (χ2v) is 13.9. The SMILES string of the molecule is Cc1cccc(C)c1-n1c(-c2[c-]c(Oc3[c-]c4c(cc3)c3ccccc3n4-c3cc(C(C)(C)c4ccccc4)ccn3)ccc2)nc2ccccc21.[Pt+2]. The van der Waals surface area contributed by atoms with Gasteiger partial charge in [0.2, 0.25) is 0 Å². The van der Waals surface area contributed by atoms with E-state index < -0.39 is 0 Å². The Morgan fingerprint density at radius 2 is 1.30 bits per heavy atom. The molecular weight excluding hydrogens is 832 g/mol. The van der Waals surface area contributed by atoms with E-state index in [9.17, 15) is 0 Å². The zero-order valence-corrected chi connectivity index (χ0v) is 32.1. The number of benzene rings is 6. The summed E-state index contributed by atoms with van der Waals surface area (Å²) in [7, 11) is 0. The number of pyridine rings is 1. The fourth-order valence-electron chi connectivity index (χ4n) is 7.47. The van der Waals surface area contributed by atoms with Gasteiger partial charge in [0.1, 0.15) is 5.82 Å². The monoisotopic (exact) mass is 867 g/mol. The first-order valence-electron chi connectivity index (χ1n) is 17.6. The van der Waals surface area contributed by atoms with Crippen LogP contribution in [0, 0.1) is 26.0 Å². The van der Waals surface area contributed by atoms with E-state index in [0.717, 1.165) is 55.7 Å². The van der Waals surface area contributed by atoms with Crippen LogP contribution < -0.4 is 4.74 Å². The summed E-state index contributed by atoms with van der Waals surface area (Å²) < 4.78 is 11.0. The van der Waals surface area contributed by atoms with E-state index >= 15 is 0 Å². The predicted octanol–water partition coefficient (Wildman–Crippen LogP) is 11.5. The summed E-state index contributed by atoms with van der Waals surface area (Å²) in [6.45, 7) is 8.80. The Balaban J connectivity index is 0.00000400. The van der Waals surface area contributed by atoms with Crippen LogP contribution in [0.5, 0.6) is 11.5 Å². The van der Waals surface area contributed by atoms with Crippen LogP contribution in [0.25, 0.3) is 55.7 Å². The maximum atomic E-state index is 6.56. The van der Waals surface area contributed by atoms with Crippen molar-refractivity contribution >= 4 is 32.8 Å². The molecular formula is C47H36N4OPt. The summed E-state index contributed by atoms with van der Waals surface area (Å²) in [5.74, 6) is 2.82. The second-order valence-electron chi connectivity index (χ2n) is 13.9. The number of aromatic nitrogens is 4. The number of ether oxygens (including phenoxy) is 1. The smallest absolute Gasteiger partial charge is 0.503 e. The summed E-state index contributed by atoms with van der Waals surface area (Å²) in [5.41, 5.74) is 10.5. The number of para-hydroxylation sites is 4. The number of nitrogens with zero attached hydrogens (tertiary/aromatic N) is 4. The van der Waals surface area contributed by atoms with E-state index in [4.69, 9.17) is 14.7 Å². The van der Waals surface area contributed by atoms with Crippen molar-refractivity contribution in [1.29, 1.82) is 0 Å². The number of rotatable bonds is 7. The van der Waals surface area contributed by atoms with E-state index in [-0.39, 0.29) is 26.5 Å². The molecule has 0 aliphatic rings. The van der Waals surface area contributed by atoms with Crippen LogP contribution in [0.2, 0.25) is 0 Å². The third-order valence-electron chi connectivity index (χ3n) is 10.2. The fourth-order valence-corrected chi connectivity index (χ4v) is 7.47. The quantitative estimate of drug-likeness (QED) is 0.150. The van der Waals surface area contributed by atoms with Gasteiger partial charge in [-0.1, -0.05) is 104 Å². The molecule has 53 heavy (non-hydrogen) atoms. The van der Waals surface area contributed by atoms with Gasteiger partial charge in [0.05, 0.1) is 16.9 Å². The number of fused-ring (bicyclic) bond motifs is 4. The Bertz CT molecular complexity index is 2760. The molecule has 0 aliphatic carbocycles. The molecule has 0 amide bonds. The van der Waals surface area contributed by atoms with Gasteiger partial charge in [-0.2, -0.15) is 6.07 Å². The van der Waals surface area contributed by atoms with Gasteiger partial charge in [0.25, 0.3) is 0 Å². The zero-order chi connectivity index (χ0) is 35.4. The van der Waals surface area contributed by atoms with Gasteiger partial charge in [-0.05, 0) is 71.8 Å². The van der Waals surface area contributed by atoms with Crippen LogP contribution in [0.15, 0.2) is 146 Å². The molecule has 0 aliphatic heterocycles. The second kappa shape index (κ2) is 13.7. The summed E-state index contributed by atoms with van der Waals surface area (Å²) in [6, 6.07) is 55.2. The van der Waals surface area contributed by atoms with Crippen molar-refractivity contribution in [3.05, 3.63) is 180 Å². The molecule has 0 N–H and O–H groups in total. The third-order valence-corrected chi connectivity index (χ3v) is 10.2. The zero-order valence-electron chi connectivity index (χ0n) is 29.9. The molecule has 0 unspecified atom stereocenters. The molecule has 0 fully saturated rings. The first kappa shape index (κ1) is 34.3. The van der Waals surface area contributed by atoms with Crippen molar-refractivity contribution in [3.8, 4) is 34.4 Å². The molecule has 0 radical (unpaired) electrons. The van der Waals surface area contributed by atoms with E-state index in [2.05, 4.69) is 158 Å². The predicted molar refractivity (Wildman–Crippen MR) is 211 cm³/mol. The Morgan fingerprint density at radius 3 is 2.11 bits per heavy atom. The molecule has 0 spiro atoms. The molecule has 3 aromatic heterocycles. The number of hydrogen-bond acceptors (Lipinski definition) is 3. The summed E-state index contributed by atoms with van der Waals surface area (Å²) in [4.78, 5) is 10.00. The molecule has 9 aromatic rings. The Labute approximate surface area is 323 Å². The van der Waals surface area contributed by atoms with Crippen LogP contribution in [0.1, 0.15) is 36.1 Å². The Hall–Kier alpha value is -5.77. The topological polar surface area (TPSA) is 44.9 Å². The third kappa shape index (κ3) is 5.96. The van der Waals surface area contributed by atoms with Crippen molar-refractivity contribution in [2.45, 2.75) is 33.1 Å². The summed E-state index contributed by atoms with van der Waals surface area (Å²) in [5, 5.41) is 2.21. The van der Waals surface area contributed by atoms with Crippen molar-refractivity contribution in [2.75, 3.05) is 0 Å². The fraction of sp³-hybridized carbons (Fsp3) is 0.106. The van der Waals surface area contributed by atoms with Crippen LogP contribution in [-0.4, -0.2) is 19.1 Å². The molecule has 0 saturated carbocycles. The number of imidazole rings is 1. The molecule has 0 atom stereocenters. The van der Waals surface area contributed by atoms with Gasteiger partial charge < -0.3 is 13.9 Å². The molecule has 6 aromatic carbocycles. The minimum absolute atomic E-state index is 0. The first-order chi connectivity index (χ1) is 25.4. The Morgan fingerprint density at radius 1 is 0.604 bits per heavy atom. The van der Waals surface area contributed by atoms with Gasteiger partial charge >= 0.3 is 21.1 Å². The normalized spacial score (nSPS) is 11.6. The van der Waals surface area contributed by atoms with Gasteiger partial charge in [0.15, 0.2) is 0 Å². The van der Waals surface area contributed by atoms with Gasteiger partial charge in [0, 0.05) is 34.3 Å². The molecule has 6 heteroatoms. The average Bonchev–Trinajstić information content (AvgIpc) is 3.71. The van der Waals surface area contributed by atoms with Crippen LogP contribution in [0.3, 0.4) is 0 Å². The number of hydrogen-bond donors (Lipinski definition) is 0. The molecule has 9 rings (SSSR count). The van der Waals surface area contributed by atoms with Crippen LogP contribution in [-0.2, 0) is 26.5 Å². The maximum absolute atomic E-state index is 6.56. The minimum atomic E-state index is -0.213. The minimum Gasteiger partial charge on any atom is -0.503 e. The van der Waals surface area contributed by atoms with Crippen molar-refractivity contribution in [1.82, 2.24) is 19.1 Å². The standard InChI is InChI=1S/C47H36N4O.Pt/c1-31-14-12-15-32(2)45(31)51-42-23-11-9-21-40(42)49-46(51)33-16-13-19-36(28-33)52-37-24-25-39-38-20-8-10-22-41(38)50(43(39)30-37)44-29-35(26-27-48-44)47(3,4)34-17-6-5-7-18-34;/h5-27,29H,1-4H3;/q-2;+2. The van der Waals surface area contributed by atoms with Crippen molar-refractivity contribution in [3.63, 3.8) is 0 Å². The molecule has 260 valence electrons. The van der Waals surface area contributed by atoms with Crippen molar-refractivity contribution < 1.29 is 25.8 Å². The Kier molecular flexibility index (Phi) is 8.84. The van der Waals surface area contributed by atoms with Gasteiger partial charge in [-0.25, -0.2) is 4.98 Å². The van der Waals surface area contributed by atoms with E-state index in [1.165, 1.54) is 22.3 Å². The summed E-state index contributed by atoms with van der Waals surface area (Å²) in [6.07, 6.45) is 1.91. The molecule has 0 saturated heterocycles. The number of aryl methyl sites for hydroxylation is 2. The first-order valence-corrected chi connectivity index (χ1v) is 17.6. The molecule has 0 bridgehead atoms. The van der Waals surface area contributed by atoms with Gasteiger partial charge in [-0.3, -0.25) is 4.98 Å². The van der Waals surface area contributed by atoms with E-state index in [1.54, 1.807) is 0 Å². The van der Waals surface area contributed by atoms with Gasteiger partial charge in [-0.15, -0.1) is 41.3 Å². The largest absolute Gasteiger partial charge is 2.00 e. The van der Waals surface area contributed by atoms with E-state index in [1.807, 2.05) is 36.5 Å².